The van der Waals surface area contributed by atoms with Crippen molar-refractivity contribution in [2.24, 2.45) is 0 Å². The summed E-state index contributed by atoms with van der Waals surface area (Å²) >= 11 is 0. The van der Waals surface area contributed by atoms with Gasteiger partial charge in [0.05, 0.1) is 0 Å². The van der Waals surface area contributed by atoms with E-state index in [0.29, 0.717) is 0 Å². The van der Waals surface area contributed by atoms with E-state index < -0.39 is 0 Å². The molecule has 0 radical (unpaired) electrons. The van der Waals surface area contributed by atoms with E-state index in [9.17, 15) is 0 Å². The fourth-order valence-corrected chi connectivity index (χ4v) is 14.1. The van der Waals surface area contributed by atoms with Gasteiger partial charge in [0.1, 0.15) is 55.8 Å². The minimum absolute atomic E-state index is 0.961. The smallest absolute Gasteiger partial charge is 0.143 e. The van der Waals surface area contributed by atoms with E-state index in [1.165, 1.54) is 146 Å². The molecule has 5 nitrogen and oxygen atoms in total. The first-order chi connectivity index (χ1) is 46.1. The van der Waals surface area contributed by atoms with Gasteiger partial charge in [0.25, 0.3) is 0 Å². The molecule has 0 fully saturated rings. The van der Waals surface area contributed by atoms with Gasteiger partial charge in [-0.15, -0.1) is 0 Å². The molecule has 0 atom stereocenters. The average molecular weight is 1210 g/mol. The first-order valence-electron chi connectivity index (χ1n) is 32.1. The Labute approximate surface area is 540 Å². The summed E-state index contributed by atoms with van der Waals surface area (Å²) < 4.78 is 30.1. The van der Waals surface area contributed by atoms with Crippen molar-refractivity contribution < 1.29 is 22.1 Å². The van der Waals surface area contributed by atoms with Crippen molar-refractivity contribution in [1.82, 2.24) is 0 Å². The third-order valence-corrected chi connectivity index (χ3v) is 18.6. The van der Waals surface area contributed by atoms with Crippen molar-refractivity contribution in [3.05, 3.63) is 313 Å². The van der Waals surface area contributed by atoms with E-state index in [1.54, 1.807) is 0 Å². The second kappa shape index (κ2) is 22.8. The molecule has 5 heterocycles. The summed E-state index contributed by atoms with van der Waals surface area (Å²) in [5.41, 5.74) is 15.9. The Morgan fingerprint density at radius 1 is 0.170 bits per heavy atom. The Kier molecular flexibility index (Phi) is 13.6. The first kappa shape index (κ1) is 56.1. The maximum atomic E-state index is 6.25. The standard InChI is InChI=1S/C21H14O.4C17H12O/c1-13-10-11-18-19(12-13)22-21-17-9-5-3-7-15(17)14-6-2-4-8-16(14)20(18)21;1-11-10-16-17(13-7-3-2-6-12(11)13)14-8-4-5-9-15(14)18-16;1-11-6-8-14-16(10-11)18-15-9-7-12-4-2-3-5-13(12)17(14)15;1-11-6-8-14-15-9-7-12-4-2-3-5-13(12)17(15)18-16(14)10-11;1-11-6-7-14-15-9-12-4-2-3-5-13(12)10-17(15)18-16(14)8-11/h2-12H,1H3;4*2-10H,1H3. The van der Waals surface area contributed by atoms with Crippen LogP contribution in [0.15, 0.2) is 307 Å². The SMILES string of the molecule is Cc1cc2oc3ccccc3c2c2ccccc12.Cc1ccc2c(c1)oc1c3ccccc3c3ccccc3c21.Cc1ccc2c(c1)oc1c3ccccc3ccc21.Cc1ccc2c(c1)oc1cc3ccccc3cc12.Cc1ccc2c(c1)oc1ccc3ccccc3c12. The van der Waals surface area contributed by atoms with Gasteiger partial charge in [-0.3, -0.25) is 0 Å². The molecule has 0 saturated carbocycles. The second-order valence-corrected chi connectivity index (χ2v) is 24.9. The highest BCUT2D eigenvalue weighted by molar-refractivity contribution is 6.30. The van der Waals surface area contributed by atoms with Gasteiger partial charge in [0.2, 0.25) is 0 Å². The highest BCUT2D eigenvalue weighted by Crippen LogP contribution is 2.43. The Balaban J connectivity index is 0.0000000896. The van der Waals surface area contributed by atoms with Crippen molar-refractivity contribution >= 4 is 174 Å². The van der Waals surface area contributed by atoms with Crippen molar-refractivity contribution in [3.8, 4) is 0 Å². The van der Waals surface area contributed by atoms with Crippen LogP contribution in [0.2, 0.25) is 0 Å². The predicted octanol–water partition coefficient (Wildman–Crippen LogP) is 26.4. The van der Waals surface area contributed by atoms with Gasteiger partial charge >= 0.3 is 0 Å². The van der Waals surface area contributed by atoms with Crippen LogP contribution >= 0.6 is 0 Å². The summed E-state index contributed by atoms with van der Waals surface area (Å²) in [6, 6.07) is 99.6. The molecule has 94 heavy (non-hydrogen) atoms. The monoisotopic (exact) mass is 1210 g/mol. The molecule has 21 aromatic rings. The fraction of sp³-hybridized carbons (Fsp3) is 0.0562. The quantitative estimate of drug-likeness (QED) is 0.142. The van der Waals surface area contributed by atoms with Gasteiger partial charge in [-0.25, -0.2) is 0 Å². The van der Waals surface area contributed by atoms with Gasteiger partial charge in [-0.2, -0.15) is 0 Å². The minimum Gasteiger partial charge on any atom is -0.456 e. The van der Waals surface area contributed by atoms with E-state index in [4.69, 9.17) is 22.1 Å². The molecule has 16 aromatic carbocycles. The number of hydrogen-bond acceptors (Lipinski definition) is 5. The van der Waals surface area contributed by atoms with Crippen molar-refractivity contribution in [3.63, 3.8) is 0 Å². The molecule has 0 aliphatic carbocycles. The lowest BCUT2D eigenvalue weighted by Crippen LogP contribution is -1.79. The summed E-state index contributed by atoms with van der Waals surface area (Å²) in [5, 5.41) is 27.0. The van der Waals surface area contributed by atoms with E-state index in [0.717, 1.165) is 55.8 Å². The number of furan rings is 5. The zero-order valence-electron chi connectivity index (χ0n) is 52.7. The van der Waals surface area contributed by atoms with Crippen LogP contribution in [0, 0.1) is 34.6 Å². The Morgan fingerprint density at radius 3 is 1.21 bits per heavy atom. The van der Waals surface area contributed by atoms with Crippen LogP contribution in [-0.2, 0) is 0 Å². The molecule has 0 spiro atoms. The molecule has 0 aliphatic rings. The van der Waals surface area contributed by atoms with Gasteiger partial charge in [0, 0.05) is 64.6 Å². The lowest BCUT2D eigenvalue weighted by Gasteiger charge is -2.05. The van der Waals surface area contributed by atoms with Crippen LogP contribution in [0.25, 0.3) is 174 Å². The molecule has 448 valence electrons. The van der Waals surface area contributed by atoms with E-state index in [1.807, 2.05) is 12.1 Å². The largest absolute Gasteiger partial charge is 0.456 e. The molecule has 0 bridgehead atoms. The Bertz CT molecular complexity index is 6530. The van der Waals surface area contributed by atoms with Crippen LogP contribution < -0.4 is 0 Å². The molecule has 5 heteroatoms. The average Bonchev–Trinajstić information content (AvgIpc) is 1.55. The topological polar surface area (TPSA) is 65.7 Å². The Morgan fingerprint density at radius 2 is 0.543 bits per heavy atom. The lowest BCUT2D eigenvalue weighted by atomic mass is 9.97. The Hall–Kier alpha value is -11.9. The zero-order chi connectivity index (χ0) is 63.1. The summed E-state index contributed by atoms with van der Waals surface area (Å²) in [4.78, 5) is 0. The normalized spacial score (nSPS) is 11.7. The van der Waals surface area contributed by atoms with Gasteiger partial charge < -0.3 is 22.1 Å². The van der Waals surface area contributed by atoms with Crippen LogP contribution in [-0.4, -0.2) is 0 Å². The third kappa shape index (κ3) is 9.71. The number of fused-ring (bicyclic) bond motifs is 27. The molecule has 5 aromatic heterocycles. The second-order valence-electron chi connectivity index (χ2n) is 24.9. The third-order valence-electron chi connectivity index (χ3n) is 18.6. The van der Waals surface area contributed by atoms with Crippen LogP contribution in [0.5, 0.6) is 0 Å². The van der Waals surface area contributed by atoms with Crippen LogP contribution in [0.4, 0.5) is 0 Å². The first-order valence-corrected chi connectivity index (χ1v) is 32.1. The van der Waals surface area contributed by atoms with Gasteiger partial charge in [0.15, 0.2) is 0 Å². The van der Waals surface area contributed by atoms with Gasteiger partial charge in [-0.05, 0) is 177 Å². The number of rotatable bonds is 0. The molecular weight excluding hydrogens is 1150 g/mol. The van der Waals surface area contributed by atoms with Crippen molar-refractivity contribution in [1.29, 1.82) is 0 Å². The minimum atomic E-state index is 0.961. The molecular formula is C89H62O5. The highest BCUT2D eigenvalue weighted by Gasteiger charge is 2.17. The van der Waals surface area contributed by atoms with Crippen LogP contribution in [0.1, 0.15) is 27.8 Å². The summed E-state index contributed by atoms with van der Waals surface area (Å²) in [5.74, 6) is 0. The maximum Gasteiger partial charge on any atom is 0.143 e. The summed E-state index contributed by atoms with van der Waals surface area (Å²) in [6.45, 7) is 10.5. The van der Waals surface area contributed by atoms with E-state index in [2.05, 4.69) is 308 Å². The summed E-state index contributed by atoms with van der Waals surface area (Å²) in [7, 11) is 0. The molecule has 0 amide bonds. The van der Waals surface area contributed by atoms with Crippen LogP contribution in [0.3, 0.4) is 0 Å². The molecule has 0 aliphatic heterocycles. The molecule has 21 rings (SSSR count). The number of para-hydroxylation sites is 1. The number of benzene rings is 16. The molecule has 0 N–H and O–H groups in total. The van der Waals surface area contributed by atoms with Crippen molar-refractivity contribution in [2.45, 2.75) is 34.6 Å². The number of aryl methyl sites for hydroxylation is 5. The maximum absolute atomic E-state index is 6.25. The lowest BCUT2D eigenvalue weighted by molar-refractivity contribution is 0.668. The summed E-state index contributed by atoms with van der Waals surface area (Å²) in [6.07, 6.45) is 0. The highest BCUT2D eigenvalue weighted by atomic mass is 16.3. The molecule has 0 saturated heterocycles. The zero-order valence-corrected chi connectivity index (χ0v) is 52.7. The van der Waals surface area contributed by atoms with Gasteiger partial charge in [-0.1, -0.05) is 224 Å². The van der Waals surface area contributed by atoms with E-state index in [-0.39, 0.29) is 0 Å². The van der Waals surface area contributed by atoms with E-state index >= 15 is 0 Å². The fourth-order valence-electron chi connectivity index (χ4n) is 14.1. The number of hydrogen-bond donors (Lipinski definition) is 0. The molecule has 0 unspecified atom stereocenters. The van der Waals surface area contributed by atoms with Crippen molar-refractivity contribution in [2.75, 3.05) is 0 Å². The predicted molar refractivity (Wildman–Crippen MR) is 397 cm³/mol.